The first-order valence-electron chi connectivity index (χ1n) is 7.31. The minimum Gasteiger partial charge on any atom is -0.481 e. The predicted octanol–water partition coefficient (Wildman–Crippen LogP) is 0.993. The lowest BCUT2D eigenvalue weighted by Gasteiger charge is -2.16. The van der Waals surface area contributed by atoms with E-state index in [0.717, 1.165) is 11.3 Å². The molecular formula is C15H18N4O3. The van der Waals surface area contributed by atoms with Crippen molar-refractivity contribution >= 4 is 17.6 Å². The fourth-order valence-electron chi connectivity index (χ4n) is 2.66. The van der Waals surface area contributed by atoms with E-state index in [1.807, 2.05) is 35.0 Å². The molecular weight excluding hydrogens is 284 g/mol. The number of carbonyl (C=O) groups excluding carboxylic acids is 1. The van der Waals surface area contributed by atoms with Crippen molar-refractivity contribution < 1.29 is 14.7 Å². The molecule has 0 saturated carbocycles. The van der Waals surface area contributed by atoms with E-state index in [9.17, 15) is 9.59 Å². The van der Waals surface area contributed by atoms with Crippen molar-refractivity contribution in [2.45, 2.75) is 12.8 Å². The molecule has 1 unspecified atom stereocenters. The average molecular weight is 302 g/mol. The Balaban J connectivity index is 1.48. The quantitative estimate of drug-likeness (QED) is 0.882. The van der Waals surface area contributed by atoms with Crippen LogP contribution in [0.5, 0.6) is 0 Å². The highest BCUT2D eigenvalue weighted by Gasteiger charge is 2.30. The first-order valence-corrected chi connectivity index (χ1v) is 7.31. The van der Waals surface area contributed by atoms with Crippen LogP contribution in [0.3, 0.4) is 0 Å². The lowest BCUT2D eigenvalue weighted by Crippen LogP contribution is -2.39. The summed E-state index contributed by atoms with van der Waals surface area (Å²) in [6.07, 6.45) is 5.04. The Morgan fingerprint density at radius 3 is 3.00 bits per heavy atom. The van der Waals surface area contributed by atoms with Gasteiger partial charge in [-0.05, 0) is 18.6 Å². The maximum atomic E-state index is 12.0. The van der Waals surface area contributed by atoms with E-state index in [1.165, 1.54) is 0 Å². The molecule has 1 aliphatic rings. The van der Waals surface area contributed by atoms with E-state index in [-0.39, 0.29) is 12.6 Å². The molecule has 3 heterocycles. The van der Waals surface area contributed by atoms with Crippen LogP contribution in [0.4, 0.5) is 4.79 Å². The van der Waals surface area contributed by atoms with E-state index in [1.54, 1.807) is 4.90 Å². The van der Waals surface area contributed by atoms with Crippen LogP contribution in [-0.4, -0.2) is 51.0 Å². The number of carboxylic acid groups (broad SMARTS) is 1. The van der Waals surface area contributed by atoms with Crippen LogP contribution in [0.25, 0.3) is 5.65 Å². The first kappa shape index (κ1) is 14.4. The molecule has 0 radical (unpaired) electrons. The van der Waals surface area contributed by atoms with Crippen LogP contribution in [0.15, 0.2) is 30.6 Å². The monoisotopic (exact) mass is 302 g/mol. The largest absolute Gasteiger partial charge is 0.481 e. The van der Waals surface area contributed by atoms with E-state index in [4.69, 9.17) is 5.11 Å². The zero-order chi connectivity index (χ0) is 15.5. The lowest BCUT2D eigenvalue weighted by molar-refractivity contribution is -0.141. The number of aromatic nitrogens is 2. The van der Waals surface area contributed by atoms with Gasteiger partial charge in [0.05, 0.1) is 11.6 Å². The maximum absolute atomic E-state index is 12.0. The number of carboxylic acids is 1. The second-order valence-electron chi connectivity index (χ2n) is 5.45. The highest BCUT2D eigenvalue weighted by Crippen LogP contribution is 2.16. The van der Waals surface area contributed by atoms with Crippen molar-refractivity contribution in [2.75, 3.05) is 19.6 Å². The highest BCUT2D eigenvalue weighted by atomic mass is 16.4. The van der Waals surface area contributed by atoms with Crippen molar-refractivity contribution in [3.05, 3.63) is 36.3 Å². The number of amides is 2. The van der Waals surface area contributed by atoms with Crippen LogP contribution in [0.1, 0.15) is 12.1 Å². The number of nitrogens with one attached hydrogen (secondary N) is 1. The van der Waals surface area contributed by atoms with Crippen LogP contribution >= 0.6 is 0 Å². The van der Waals surface area contributed by atoms with Crippen molar-refractivity contribution in [3.63, 3.8) is 0 Å². The molecule has 3 rings (SSSR count). The molecule has 2 N–H and O–H groups in total. The smallest absolute Gasteiger partial charge is 0.317 e. The van der Waals surface area contributed by atoms with Gasteiger partial charge in [0, 0.05) is 38.4 Å². The molecule has 22 heavy (non-hydrogen) atoms. The number of pyridine rings is 1. The molecule has 0 spiro atoms. The van der Waals surface area contributed by atoms with Crippen LogP contribution in [0.2, 0.25) is 0 Å². The average Bonchev–Trinajstić information content (AvgIpc) is 3.13. The zero-order valence-electron chi connectivity index (χ0n) is 12.1. The number of rotatable bonds is 4. The summed E-state index contributed by atoms with van der Waals surface area (Å²) in [4.78, 5) is 28.9. The number of aliphatic carboxylic acids is 1. The number of urea groups is 1. The normalized spacial score (nSPS) is 17.8. The molecule has 1 aliphatic heterocycles. The molecule has 0 aromatic carbocycles. The molecule has 1 saturated heterocycles. The number of hydrogen-bond donors (Lipinski definition) is 2. The summed E-state index contributed by atoms with van der Waals surface area (Å²) in [5.41, 5.74) is 1.80. The summed E-state index contributed by atoms with van der Waals surface area (Å²) in [6, 6.07) is 5.60. The topological polar surface area (TPSA) is 86.9 Å². The summed E-state index contributed by atoms with van der Waals surface area (Å²) >= 11 is 0. The number of carbonyl (C=O) groups is 2. The van der Waals surface area contributed by atoms with Crippen molar-refractivity contribution in [2.24, 2.45) is 5.92 Å². The SMILES string of the molecule is O=C(O)C1CCN(C(=O)NCCc2cn3ccccc3n2)C1. The van der Waals surface area contributed by atoms with Gasteiger partial charge in [-0.2, -0.15) is 0 Å². The predicted molar refractivity (Wildman–Crippen MR) is 79.6 cm³/mol. The molecule has 0 aliphatic carbocycles. The van der Waals surface area contributed by atoms with Gasteiger partial charge >= 0.3 is 12.0 Å². The number of likely N-dealkylation sites (tertiary alicyclic amines) is 1. The third-order valence-electron chi connectivity index (χ3n) is 3.90. The highest BCUT2D eigenvalue weighted by molar-refractivity contribution is 5.77. The molecule has 2 aromatic heterocycles. The minimum absolute atomic E-state index is 0.201. The van der Waals surface area contributed by atoms with Gasteiger partial charge in [0.15, 0.2) is 0 Å². The van der Waals surface area contributed by atoms with Crippen LogP contribution in [0, 0.1) is 5.92 Å². The molecule has 116 valence electrons. The Labute approximate surface area is 127 Å². The van der Waals surface area contributed by atoms with Crippen molar-refractivity contribution in [1.29, 1.82) is 0 Å². The number of imidazole rings is 1. The van der Waals surface area contributed by atoms with Gasteiger partial charge in [-0.3, -0.25) is 4.79 Å². The molecule has 7 heteroatoms. The second kappa shape index (κ2) is 6.05. The van der Waals surface area contributed by atoms with Gasteiger partial charge in [0.1, 0.15) is 5.65 Å². The van der Waals surface area contributed by atoms with Gasteiger partial charge < -0.3 is 19.7 Å². The number of fused-ring (bicyclic) bond motifs is 1. The Bertz CT molecular complexity index is 664. The summed E-state index contributed by atoms with van der Waals surface area (Å²) in [5, 5.41) is 11.8. The first-order chi connectivity index (χ1) is 10.6. The van der Waals surface area contributed by atoms with E-state index in [0.29, 0.717) is 25.9 Å². The molecule has 1 fully saturated rings. The third kappa shape index (κ3) is 3.03. The Morgan fingerprint density at radius 2 is 2.27 bits per heavy atom. The van der Waals surface area contributed by atoms with E-state index >= 15 is 0 Å². The van der Waals surface area contributed by atoms with Gasteiger partial charge in [-0.25, -0.2) is 9.78 Å². The minimum atomic E-state index is -0.833. The van der Waals surface area contributed by atoms with E-state index < -0.39 is 11.9 Å². The maximum Gasteiger partial charge on any atom is 0.317 e. The fourth-order valence-corrected chi connectivity index (χ4v) is 2.66. The van der Waals surface area contributed by atoms with Crippen LogP contribution in [-0.2, 0) is 11.2 Å². The lowest BCUT2D eigenvalue weighted by atomic mass is 10.1. The molecule has 2 amide bonds. The number of nitrogens with zero attached hydrogens (tertiary/aromatic N) is 3. The van der Waals surface area contributed by atoms with Gasteiger partial charge in [-0.1, -0.05) is 6.07 Å². The van der Waals surface area contributed by atoms with E-state index in [2.05, 4.69) is 10.3 Å². The van der Waals surface area contributed by atoms with Gasteiger partial charge in [-0.15, -0.1) is 0 Å². The molecule has 7 nitrogen and oxygen atoms in total. The van der Waals surface area contributed by atoms with Gasteiger partial charge in [0.25, 0.3) is 0 Å². The molecule has 2 aromatic rings. The standard InChI is InChI=1S/C15H18N4O3/c20-14(21)11-5-8-19(9-11)15(22)16-6-4-12-10-18-7-2-1-3-13(18)17-12/h1-3,7,10-11H,4-6,8-9H2,(H,16,22)(H,20,21). The number of hydrogen-bond acceptors (Lipinski definition) is 3. The van der Waals surface area contributed by atoms with Gasteiger partial charge in [0.2, 0.25) is 0 Å². The Hall–Kier alpha value is -2.57. The summed E-state index contributed by atoms with van der Waals surface area (Å²) in [5.74, 6) is -1.27. The summed E-state index contributed by atoms with van der Waals surface area (Å²) < 4.78 is 1.94. The molecule has 1 atom stereocenters. The Kier molecular flexibility index (Phi) is 3.95. The third-order valence-corrected chi connectivity index (χ3v) is 3.90. The van der Waals surface area contributed by atoms with Crippen LogP contribution < -0.4 is 5.32 Å². The molecule has 0 bridgehead atoms. The fraction of sp³-hybridized carbons (Fsp3) is 0.400. The van der Waals surface area contributed by atoms with Crippen molar-refractivity contribution in [1.82, 2.24) is 19.6 Å². The summed E-state index contributed by atoms with van der Waals surface area (Å²) in [6.45, 7) is 1.27. The van der Waals surface area contributed by atoms with Crippen molar-refractivity contribution in [3.8, 4) is 0 Å². The summed E-state index contributed by atoms with van der Waals surface area (Å²) in [7, 11) is 0. The second-order valence-corrected chi connectivity index (χ2v) is 5.45. The zero-order valence-corrected chi connectivity index (χ0v) is 12.1. The Morgan fingerprint density at radius 1 is 1.41 bits per heavy atom.